The van der Waals surface area contributed by atoms with Gasteiger partial charge in [0, 0.05) is 24.6 Å². The zero-order valence-corrected chi connectivity index (χ0v) is 11.7. The molecule has 0 aliphatic carbocycles. The van der Waals surface area contributed by atoms with Gasteiger partial charge in [-0.2, -0.15) is 5.10 Å². The van der Waals surface area contributed by atoms with E-state index in [0.717, 1.165) is 11.3 Å². The number of aryl methyl sites for hydroxylation is 1. The number of hydrogen-bond donors (Lipinski definition) is 1. The molecule has 110 valence electrons. The highest BCUT2D eigenvalue weighted by molar-refractivity contribution is 5.66. The van der Waals surface area contributed by atoms with Gasteiger partial charge in [0.2, 0.25) is 0 Å². The van der Waals surface area contributed by atoms with Crippen molar-refractivity contribution >= 4 is 5.97 Å². The van der Waals surface area contributed by atoms with Gasteiger partial charge in [-0.05, 0) is 36.8 Å². The number of ether oxygens (including phenoxy) is 1. The molecule has 0 aliphatic rings. The van der Waals surface area contributed by atoms with Crippen LogP contribution >= 0.6 is 0 Å². The third kappa shape index (κ3) is 3.92. The quantitative estimate of drug-likeness (QED) is 0.876. The maximum atomic E-state index is 11.7. The maximum Gasteiger partial charge on any atom is 0.303 e. The Kier molecular flexibility index (Phi) is 4.71. The molecule has 0 aliphatic heterocycles. The zero-order chi connectivity index (χ0) is 15.2. The molecular formula is C15H16N2O4. The van der Waals surface area contributed by atoms with E-state index in [1.54, 1.807) is 13.2 Å². The van der Waals surface area contributed by atoms with E-state index in [0.29, 0.717) is 12.1 Å². The van der Waals surface area contributed by atoms with Crippen LogP contribution in [0.15, 0.2) is 41.2 Å². The van der Waals surface area contributed by atoms with E-state index in [1.165, 1.54) is 10.7 Å². The predicted molar refractivity (Wildman–Crippen MR) is 77.4 cm³/mol. The summed E-state index contributed by atoms with van der Waals surface area (Å²) in [5.74, 6) is -0.136. The SMILES string of the molecule is COc1ccc(-c2ccc(=O)n(CCCC(=O)O)n2)cc1. The van der Waals surface area contributed by atoms with Gasteiger partial charge >= 0.3 is 5.97 Å². The van der Waals surface area contributed by atoms with Crippen molar-refractivity contribution in [3.63, 3.8) is 0 Å². The minimum absolute atomic E-state index is 0.0148. The summed E-state index contributed by atoms with van der Waals surface area (Å²) in [7, 11) is 1.59. The summed E-state index contributed by atoms with van der Waals surface area (Å²) in [5, 5.41) is 12.9. The molecule has 0 bridgehead atoms. The number of hydrogen-bond acceptors (Lipinski definition) is 4. The number of carboxylic acid groups (broad SMARTS) is 1. The minimum Gasteiger partial charge on any atom is -0.497 e. The highest BCUT2D eigenvalue weighted by Gasteiger charge is 2.05. The second-order valence-corrected chi connectivity index (χ2v) is 4.51. The van der Waals surface area contributed by atoms with Crippen molar-refractivity contribution in [3.8, 4) is 17.0 Å². The molecule has 0 fully saturated rings. The van der Waals surface area contributed by atoms with E-state index in [4.69, 9.17) is 9.84 Å². The Labute approximate surface area is 121 Å². The summed E-state index contributed by atoms with van der Waals surface area (Å²) in [5.41, 5.74) is 1.29. The van der Waals surface area contributed by atoms with Crippen LogP contribution in [0, 0.1) is 0 Å². The molecule has 0 saturated heterocycles. The first kappa shape index (κ1) is 14.8. The molecule has 0 atom stereocenters. The lowest BCUT2D eigenvalue weighted by Gasteiger charge is -2.07. The molecule has 1 aromatic carbocycles. The van der Waals surface area contributed by atoms with E-state index in [9.17, 15) is 9.59 Å². The molecule has 0 amide bonds. The largest absolute Gasteiger partial charge is 0.497 e. The summed E-state index contributed by atoms with van der Waals surface area (Å²) in [6.45, 7) is 0.287. The van der Waals surface area contributed by atoms with E-state index in [1.807, 2.05) is 24.3 Å². The first-order valence-electron chi connectivity index (χ1n) is 6.54. The zero-order valence-electron chi connectivity index (χ0n) is 11.7. The topological polar surface area (TPSA) is 81.4 Å². The van der Waals surface area contributed by atoms with Crippen LogP contribution < -0.4 is 10.3 Å². The highest BCUT2D eigenvalue weighted by atomic mass is 16.5. The maximum absolute atomic E-state index is 11.7. The van der Waals surface area contributed by atoms with Crippen molar-refractivity contribution in [2.45, 2.75) is 19.4 Å². The lowest BCUT2D eigenvalue weighted by atomic mass is 10.1. The molecule has 0 spiro atoms. The summed E-state index contributed by atoms with van der Waals surface area (Å²) >= 11 is 0. The fourth-order valence-corrected chi connectivity index (χ4v) is 1.90. The molecule has 2 rings (SSSR count). The van der Waals surface area contributed by atoms with Crippen LogP contribution in [0.1, 0.15) is 12.8 Å². The van der Waals surface area contributed by atoms with Crippen LogP contribution in [-0.2, 0) is 11.3 Å². The number of nitrogens with zero attached hydrogens (tertiary/aromatic N) is 2. The third-order valence-corrected chi connectivity index (χ3v) is 3.01. The van der Waals surface area contributed by atoms with Gasteiger partial charge in [0.15, 0.2) is 0 Å². The molecule has 21 heavy (non-hydrogen) atoms. The number of aliphatic carboxylic acids is 1. The number of carboxylic acids is 1. The molecule has 0 radical (unpaired) electrons. The third-order valence-electron chi connectivity index (χ3n) is 3.01. The Morgan fingerprint density at radius 3 is 2.57 bits per heavy atom. The van der Waals surface area contributed by atoms with Crippen molar-refractivity contribution in [1.29, 1.82) is 0 Å². The van der Waals surface area contributed by atoms with Gasteiger partial charge in [-0.3, -0.25) is 9.59 Å². The first-order valence-corrected chi connectivity index (χ1v) is 6.54. The van der Waals surface area contributed by atoms with Gasteiger partial charge in [-0.25, -0.2) is 4.68 Å². The van der Waals surface area contributed by atoms with Crippen molar-refractivity contribution in [1.82, 2.24) is 9.78 Å². The molecular weight excluding hydrogens is 272 g/mol. The van der Waals surface area contributed by atoms with Crippen molar-refractivity contribution < 1.29 is 14.6 Å². The molecule has 0 saturated carbocycles. The van der Waals surface area contributed by atoms with Crippen LogP contribution in [0.5, 0.6) is 5.75 Å². The van der Waals surface area contributed by atoms with Crippen LogP contribution in [0.2, 0.25) is 0 Å². The Morgan fingerprint density at radius 2 is 1.95 bits per heavy atom. The normalized spacial score (nSPS) is 10.3. The van der Waals surface area contributed by atoms with E-state index >= 15 is 0 Å². The Balaban J connectivity index is 2.20. The fourth-order valence-electron chi connectivity index (χ4n) is 1.90. The van der Waals surface area contributed by atoms with Gasteiger partial charge in [0.1, 0.15) is 5.75 Å². The van der Waals surface area contributed by atoms with Crippen LogP contribution in [-0.4, -0.2) is 28.0 Å². The number of carbonyl (C=O) groups is 1. The fraction of sp³-hybridized carbons (Fsp3) is 0.267. The second-order valence-electron chi connectivity index (χ2n) is 4.51. The van der Waals surface area contributed by atoms with Crippen molar-refractivity contribution in [3.05, 3.63) is 46.8 Å². The Bertz CT molecular complexity index is 677. The average molecular weight is 288 g/mol. The number of benzene rings is 1. The van der Waals surface area contributed by atoms with Crippen LogP contribution in [0.4, 0.5) is 0 Å². The summed E-state index contributed by atoms with van der Waals surface area (Å²) < 4.78 is 6.39. The average Bonchev–Trinajstić information content (AvgIpc) is 2.49. The molecule has 6 heteroatoms. The van der Waals surface area contributed by atoms with E-state index < -0.39 is 5.97 Å². The van der Waals surface area contributed by atoms with E-state index in [-0.39, 0.29) is 18.5 Å². The number of rotatable bonds is 6. The van der Waals surface area contributed by atoms with Crippen LogP contribution in [0.3, 0.4) is 0 Å². The van der Waals surface area contributed by atoms with Crippen molar-refractivity contribution in [2.24, 2.45) is 0 Å². The summed E-state index contributed by atoms with van der Waals surface area (Å²) in [6, 6.07) is 10.4. The van der Waals surface area contributed by atoms with Gasteiger partial charge in [0.05, 0.1) is 12.8 Å². The molecule has 1 aromatic heterocycles. The van der Waals surface area contributed by atoms with Crippen LogP contribution in [0.25, 0.3) is 11.3 Å². The molecule has 1 N–H and O–H groups in total. The number of aromatic nitrogens is 2. The highest BCUT2D eigenvalue weighted by Crippen LogP contribution is 2.19. The lowest BCUT2D eigenvalue weighted by Crippen LogP contribution is -2.22. The van der Waals surface area contributed by atoms with Gasteiger partial charge in [-0.15, -0.1) is 0 Å². The smallest absolute Gasteiger partial charge is 0.303 e. The molecule has 2 aromatic rings. The lowest BCUT2D eigenvalue weighted by molar-refractivity contribution is -0.137. The minimum atomic E-state index is -0.880. The summed E-state index contributed by atoms with van der Waals surface area (Å²) in [4.78, 5) is 22.2. The first-order chi connectivity index (χ1) is 10.1. The monoisotopic (exact) mass is 288 g/mol. The molecule has 1 heterocycles. The number of methoxy groups -OCH3 is 1. The van der Waals surface area contributed by atoms with Gasteiger partial charge < -0.3 is 9.84 Å². The summed E-state index contributed by atoms with van der Waals surface area (Å²) in [6.07, 6.45) is 0.384. The predicted octanol–water partition coefficient (Wildman–Crippen LogP) is 1.78. The Hall–Kier alpha value is -2.63. The Morgan fingerprint density at radius 1 is 1.24 bits per heavy atom. The van der Waals surface area contributed by atoms with E-state index in [2.05, 4.69) is 5.10 Å². The standard InChI is InChI=1S/C15H16N2O4/c1-21-12-6-4-11(5-7-12)13-8-9-14(18)17(16-13)10-2-3-15(19)20/h4-9H,2-3,10H2,1H3,(H,19,20). The van der Waals surface area contributed by atoms with Gasteiger partial charge in [-0.1, -0.05) is 0 Å². The van der Waals surface area contributed by atoms with Crippen molar-refractivity contribution in [2.75, 3.05) is 7.11 Å². The molecule has 6 nitrogen and oxygen atoms in total. The molecule has 0 unspecified atom stereocenters. The second kappa shape index (κ2) is 6.69. The van der Waals surface area contributed by atoms with Gasteiger partial charge in [0.25, 0.3) is 5.56 Å².